The van der Waals surface area contributed by atoms with E-state index < -0.39 is 0 Å². The monoisotopic (exact) mass is 285 g/mol. The summed E-state index contributed by atoms with van der Waals surface area (Å²) in [6.07, 6.45) is 6.29. The highest BCUT2D eigenvalue weighted by atomic mass is 15.5. The van der Waals surface area contributed by atoms with Crippen LogP contribution in [-0.4, -0.2) is 20.2 Å². The van der Waals surface area contributed by atoms with Crippen LogP contribution in [0.1, 0.15) is 50.6 Å². The second kappa shape index (κ2) is 5.84. The molecule has 0 radical (unpaired) electrons. The number of nitrogens with zero attached hydrogens (tertiary/aromatic N) is 4. The van der Waals surface area contributed by atoms with E-state index in [4.69, 9.17) is 5.73 Å². The van der Waals surface area contributed by atoms with Crippen molar-refractivity contribution >= 4 is 5.69 Å². The summed E-state index contributed by atoms with van der Waals surface area (Å²) in [6, 6.07) is 6.44. The Hall–Kier alpha value is -1.91. The fourth-order valence-electron chi connectivity index (χ4n) is 3.22. The second-order valence-corrected chi connectivity index (χ2v) is 6.20. The van der Waals surface area contributed by atoms with Crippen LogP contribution in [0.15, 0.2) is 18.2 Å². The first-order valence-corrected chi connectivity index (χ1v) is 7.81. The van der Waals surface area contributed by atoms with Crippen LogP contribution in [0, 0.1) is 12.8 Å². The highest BCUT2D eigenvalue weighted by Gasteiger charge is 2.25. The van der Waals surface area contributed by atoms with E-state index >= 15 is 0 Å². The van der Waals surface area contributed by atoms with Gasteiger partial charge in [-0.15, -0.1) is 5.10 Å². The lowest BCUT2D eigenvalue weighted by atomic mass is 9.97. The van der Waals surface area contributed by atoms with Crippen molar-refractivity contribution < 1.29 is 0 Å². The third-order valence-electron chi connectivity index (χ3n) is 4.66. The molecule has 1 aromatic carbocycles. The highest BCUT2D eigenvalue weighted by molar-refractivity contribution is 5.63. The number of tetrazole rings is 1. The fraction of sp³-hybridized carbons (Fsp3) is 0.562. The number of benzene rings is 1. The summed E-state index contributed by atoms with van der Waals surface area (Å²) >= 11 is 0. The summed E-state index contributed by atoms with van der Waals surface area (Å²) in [5, 5.41) is 12.4. The Labute approximate surface area is 125 Å². The van der Waals surface area contributed by atoms with E-state index in [1.54, 1.807) is 0 Å². The third kappa shape index (κ3) is 2.77. The van der Waals surface area contributed by atoms with Gasteiger partial charge in [-0.2, -0.15) is 0 Å². The molecular formula is C16H23N5. The molecule has 1 aliphatic carbocycles. The minimum Gasteiger partial charge on any atom is -0.398 e. The summed E-state index contributed by atoms with van der Waals surface area (Å²) in [5.41, 5.74) is 8.90. The molecule has 0 bridgehead atoms. The predicted octanol–water partition coefficient (Wildman–Crippen LogP) is 3.37. The highest BCUT2D eigenvalue weighted by Crippen LogP contribution is 2.34. The zero-order valence-corrected chi connectivity index (χ0v) is 12.8. The average Bonchev–Trinajstić information content (AvgIpc) is 2.85. The van der Waals surface area contributed by atoms with Crippen molar-refractivity contribution in [2.75, 3.05) is 5.73 Å². The second-order valence-electron chi connectivity index (χ2n) is 6.20. The van der Waals surface area contributed by atoms with Gasteiger partial charge >= 0.3 is 0 Å². The van der Waals surface area contributed by atoms with Crippen LogP contribution in [-0.2, 0) is 0 Å². The first kappa shape index (κ1) is 14.0. The smallest absolute Gasteiger partial charge is 0.182 e. The van der Waals surface area contributed by atoms with Gasteiger partial charge in [-0.3, -0.25) is 0 Å². The summed E-state index contributed by atoms with van der Waals surface area (Å²) < 4.78 is 2.01. The molecular weight excluding hydrogens is 262 g/mol. The molecule has 2 unspecified atom stereocenters. The molecule has 2 aromatic rings. The molecule has 0 aliphatic heterocycles. The first-order valence-electron chi connectivity index (χ1n) is 7.81. The number of hydrogen-bond donors (Lipinski definition) is 1. The van der Waals surface area contributed by atoms with Crippen LogP contribution in [0.2, 0.25) is 0 Å². The molecule has 1 aliphatic rings. The number of anilines is 1. The van der Waals surface area contributed by atoms with Crippen LogP contribution in [0.3, 0.4) is 0 Å². The molecule has 5 nitrogen and oxygen atoms in total. The molecule has 5 heteroatoms. The van der Waals surface area contributed by atoms with Crippen LogP contribution in [0.4, 0.5) is 5.69 Å². The molecule has 0 saturated heterocycles. The Morgan fingerprint density at radius 2 is 2.00 bits per heavy atom. The van der Waals surface area contributed by atoms with E-state index in [9.17, 15) is 0 Å². The van der Waals surface area contributed by atoms with Crippen molar-refractivity contribution in [2.45, 2.75) is 52.0 Å². The van der Waals surface area contributed by atoms with Gasteiger partial charge in [0.25, 0.3) is 0 Å². The largest absolute Gasteiger partial charge is 0.398 e. The van der Waals surface area contributed by atoms with Gasteiger partial charge in [0.15, 0.2) is 5.82 Å². The van der Waals surface area contributed by atoms with Crippen LogP contribution in [0.5, 0.6) is 0 Å². The molecule has 1 fully saturated rings. The number of aryl methyl sites for hydroxylation is 1. The third-order valence-corrected chi connectivity index (χ3v) is 4.66. The van der Waals surface area contributed by atoms with Gasteiger partial charge in [0.05, 0.1) is 6.04 Å². The Morgan fingerprint density at radius 3 is 2.81 bits per heavy atom. The molecule has 0 amide bonds. The maximum Gasteiger partial charge on any atom is 0.182 e. The molecule has 1 heterocycles. The zero-order chi connectivity index (χ0) is 14.8. The van der Waals surface area contributed by atoms with E-state index in [-0.39, 0.29) is 0 Å². The van der Waals surface area contributed by atoms with Crippen molar-refractivity contribution in [1.29, 1.82) is 0 Å². The van der Waals surface area contributed by atoms with Gasteiger partial charge in [-0.1, -0.05) is 38.3 Å². The van der Waals surface area contributed by atoms with Crippen molar-refractivity contribution in [2.24, 2.45) is 5.92 Å². The van der Waals surface area contributed by atoms with Gasteiger partial charge in [-0.05, 0) is 47.7 Å². The van der Waals surface area contributed by atoms with E-state index in [1.165, 1.54) is 25.7 Å². The lowest BCUT2D eigenvalue weighted by Gasteiger charge is -2.22. The van der Waals surface area contributed by atoms with Gasteiger partial charge < -0.3 is 5.73 Å². The summed E-state index contributed by atoms with van der Waals surface area (Å²) in [5.74, 6) is 1.44. The first-order chi connectivity index (χ1) is 10.2. The van der Waals surface area contributed by atoms with E-state index in [2.05, 4.69) is 28.5 Å². The van der Waals surface area contributed by atoms with Gasteiger partial charge in [0.2, 0.25) is 0 Å². The standard InChI is InChI=1S/C16H23N5/c1-11-8-9-13(10-14(11)17)16-18-19-20-21(16)15-7-5-3-4-6-12(15)2/h8-10,12,15H,3-7,17H2,1-2H3. The lowest BCUT2D eigenvalue weighted by molar-refractivity contribution is 0.306. The molecule has 2 N–H and O–H groups in total. The van der Waals surface area contributed by atoms with Crippen LogP contribution < -0.4 is 5.73 Å². The summed E-state index contributed by atoms with van der Waals surface area (Å²) in [7, 11) is 0. The van der Waals surface area contributed by atoms with Crippen molar-refractivity contribution in [3.05, 3.63) is 23.8 Å². The molecule has 2 atom stereocenters. The molecule has 1 saturated carbocycles. The van der Waals surface area contributed by atoms with Crippen LogP contribution in [0.25, 0.3) is 11.4 Å². The van der Waals surface area contributed by atoms with Gasteiger partial charge in [-0.25, -0.2) is 4.68 Å². The number of nitrogens with two attached hydrogens (primary N) is 1. The molecule has 112 valence electrons. The van der Waals surface area contributed by atoms with Crippen molar-refractivity contribution in [1.82, 2.24) is 20.2 Å². The van der Waals surface area contributed by atoms with E-state index in [0.717, 1.165) is 29.1 Å². The Morgan fingerprint density at radius 1 is 1.19 bits per heavy atom. The Bertz CT molecular complexity index is 619. The summed E-state index contributed by atoms with van der Waals surface area (Å²) in [6.45, 7) is 4.32. The minimum absolute atomic E-state index is 0.389. The normalized spacial score (nSPS) is 23.0. The maximum absolute atomic E-state index is 6.03. The number of aromatic nitrogens is 4. The SMILES string of the molecule is Cc1ccc(-c2nnnn2C2CCCCCC2C)cc1N. The minimum atomic E-state index is 0.389. The predicted molar refractivity (Wildman–Crippen MR) is 83.7 cm³/mol. The van der Waals surface area contributed by atoms with Gasteiger partial charge in [0.1, 0.15) is 0 Å². The summed E-state index contributed by atoms with van der Waals surface area (Å²) in [4.78, 5) is 0. The van der Waals surface area contributed by atoms with E-state index in [0.29, 0.717) is 12.0 Å². The van der Waals surface area contributed by atoms with Crippen molar-refractivity contribution in [3.8, 4) is 11.4 Å². The topological polar surface area (TPSA) is 69.6 Å². The van der Waals surface area contributed by atoms with Crippen LogP contribution >= 0.6 is 0 Å². The lowest BCUT2D eigenvalue weighted by Crippen LogP contribution is -2.18. The molecule has 1 aromatic heterocycles. The average molecular weight is 285 g/mol. The molecule has 3 rings (SSSR count). The number of hydrogen-bond acceptors (Lipinski definition) is 4. The zero-order valence-electron chi connectivity index (χ0n) is 12.8. The van der Waals surface area contributed by atoms with Gasteiger partial charge in [0, 0.05) is 11.3 Å². The number of nitrogen functional groups attached to an aromatic ring is 1. The molecule has 21 heavy (non-hydrogen) atoms. The Balaban J connectivity index is 1.97. The van der Waals surface area contributed by atoms with Crippen molar-refractivity contribution in [3.63, 3.8) is 0 Å². The maximum atomic E-state index is 6.03. The fourth-order valence-corrected chi connectivity index (χ4v) is 3.22. The number of rotatable bonds is 2. The quantitative estimate of drug-likeness (QED) is 0.678. The molecule has 0 spiro atoms. The van der Waals surface area contributed by atoms with E-state index in [1.807, 2.05) is 23.7 Å². The Kier molecular flexibility index (Phi) is 3.90.